The zero-order valence-electron chi connectivity index (χ0n) is 12.5. The Labute approximate surface area is 115 Å². The van der Waals surface area contributed by atoms with Gasteiger partial charge in [0.2, 0.25) is 0 Å². The van der Waals surface area contributed by atoms with E-state index >= 15 is 0 Å². The monoisotopic (exact) mass is 272 g/mol. The standard InChI is InChI=1S/C11H19FN4O.C2H6/c1-15(2)11(17)10(13)9(12)8-7-16(3)6-4-5-14-8;1-2/h4-7,13H2,1-3H3;1-2H3/b10-9+;. The van der Waals surface area contributed by atoms with Gasteiger partial charge >= 0.3 is 0 Å². The van der Waals surface area contributed by atoms with Gasteiger partial charge < -0.3 is 15.5 Å². The predicted molar refractivity (Wildman–Crippen MR) is 76.8 cm³/mol. The molecule has 1 aliphatic rings. The predicted octanol–water partition coefficient (Wildman–Crippen LogP) is 1.02. The van der Waals surface area contributed by atoms with Gasteiger partial charge in [0, 0.05) is 33.7 Å². The Bertz CT molecular complexity index is 364. The molecule has 0 aromatic carbocycles. The fourth-order valence-electron chi connectivity index (χ4n) is 1.57. The molecule has 0 unspecified atom stereocenters. The minimum Gasteiger partial charge on any atom is -0.392 e. The van der Waals surface area contributed by atoms with Gasteiger partial charge in [0.1, 0.15) is 5.70 Å². The summed E-state index contributed by atoms with van der Waals surface area (Å²) >= 11 is 0. The Hall–Kier alpha value is -1.43. The van der Waals surface area contributed by atoms with E-state index in [1.807, 2.05) is 25.8 Å². The topological polar surface area (TPSA) is 61.9 Å². The van der Waals surface area contributed by atoms with Crippen LogP contribution in [0.15, 0.2) is 16.5 Å². The summed E-state index contributed by atoms with van der Waals surface area (Å²) in [4.78, 5) is 18.9. The zero-order valence-corrected chi connectivity index (χ0v) is 12.5. The van der Waals surface area contributed by atoms with Crippen LogP contribution in [0.3, 0.4) is 0 Å². The first kappa shape index (κ1) is 17.6. The molecule has 0 spiro atoms. The van der Waals surface area contributed by atoms with Crippen molar-refractivity contribution in [1.29, 1.82) is 0 Å². The second-order valence-corrected chi connectivity index (χ2v) is 4.35. The number of rotatable bonds is 2. The number of hydrogen-bond donors (Lipinski definition) is 1. The quantitative estimate of drug-likeness (QED) is 0.763. The highest BCUT2D eigenvalue weighted by molar-refractivity contribution is 6.07. The van der Waals surface area contributed by atoms with Crippen LogP contribution in [0.4, 0.5) is 4.39 Å². The summed E-state index contributed by atoms with van der Waals surface area (Å²) in [5.74, 6) is -1.23. The van der Waals surface area contributed by atoms with E-state index in [9.17, 15) is 9.18 Å². The van der Waals surface area contributed by atoms with Crippen LogP contribution < -0.4 is 5.73 Å². The molecule has 0 saturated heterocycles. The molecule has 1 aliphatic heterocycles. The molecule has 0 aliphatic carbocycles. The number of hydrogen-bond acceptors (Lipinski definition) is 4. The largest absolute Gasteiger partial charge is 0.392 e. The van der Waals surface area contributed by atoms with Crippen LogP contribution in [0.25, 0.3) is 0 Å². The molecular formula is C13H25FN4O. The fraction of sp³-hybridized carbons (Fsp3) is 0.692. The minimum atomic E-state index is -0.697. The van der Waals surface area contributed by atoms with E-state index in [4.69, 9.17) is 5.73 Å². The Balaban J connectivity index is 0.00000154. The van der Waals surface area contributed by atoms with Gasteiger partial charge in [-0.2, -0.15) is 0 Å². The SMILES string of the molecule is CC.CN1CCCN=C(/C(F)=C(\N)C(=O)N(C)C)C1. The first-order valence-corrected chi connectivity index (χ1v) is 6.52. The number of carbonyl (C=O) groups excluding carboxylic acids is 1. The van der Waals surface area contributed by atoms with Crippen LogP contribution in [0.1, 0.15) is 20.3 Å². The maximum Gasteiger partial charge on any atom is 0.272 e. The molecule has 0 radical (unpaired) electrons. The van der Waals surface area contributed by atoms with Gasteiger partial charge in [-0.05, 0) is 13.5 Å². The summed E-state index contributed by atoms with van der Waals surface area (Å²) in [5, 5.41) is 0. The van der Waals surface area contributed by atoms with Crippen molar-refractivity contribution in [2.75, 3.05) is 40.8 Å². The second kappa shape index (κ2) is 8.63. The molecule has 110 valence electrons. The van der Waals surface area contributed by atoms with E-state index < -0.39 is 11.7 Å². The van der Waals surface area contributed by atoms with E-state index in [1.165, 1.54) is 19.0 Å². The van der Waals surface area contributed by atoms with Crippen LogP contribution in [0, 0.1) is 0 Å². The van der Waals surface area contributed by atoms with Gasteiger partial charge in [0.05, 0.1) is 5.71 Å². The van der Waals surface area contributed by atoms with Crippen LogP contribution in [0.2, 0.25) is 0 Å². The molecule has 0 atom stereocenters. The van der Waals surface area contributed by atoms with Crippen LogP contribution in [-0.4, -0.2) is 62.2 Å². The lowest BCUT2D eigenvalue weighted by Crippen LogP contribution is -2.31. The Kier molecular flexibility index (Phi) is 7.98. The van der Waals surface area contributed by atoms with E-state index in [2.05, 4.69) is 4.99 Å². The molecule has 0 fully saturated rings. The Morgan fingerprint density at radius 3 is 2.53 bits per heavy atom. The van der Waals surface area contributed by atoms with Crippen LogP contribution in [0.5, 0.6) is 0 Å². The highest BCUT2D eigenvalue weighted by Gasteiger charge is 2.20. The zero-order chi connectivity index (χ0) is 15.0. The second-order valence-electron chi connectivity index (χ2n) is 4.35. The summed E-state index contributed by atoms with van der Waals surface area (Å²) in [7, 11) is 4.95. The van der Waals surface area contributed by atoms with Crippen molar-refractivity contribution in [2.45, 2.75) is 20.3 Å². The van der Waals surface area contributed by atoms with Crippen molar-refractivity contribution in [3.63, 3.8) is 0 Å². The van der Waals surface area contributed by atoms with Crippen LogP contribution >= 0.6 is 0 Å². The highest BCUT2D eigenvalue weighted by Crippen LogP contribution is 2.10. The summed E-state index contributed by atoms with van der Waals surface area (Å²) in [6, 6.07) is 0. The molecule has 0 aromatic rings. The molecule has 19 heavy (non-hydrogen) atoms. The van der Waals surface area contributed by atoms with E-state index in [-0.39, 0.29) is 11.4 Å². The molecule has 2 N–H and O–H groups in total. The number of nitrogens with zero attached hydrogens (tertiary/aromatic N) is 3. The van der Waals surface area contributed by atoms with E-state index in [0.29, 0.717) is 13.1 Å². The van der Waals surface area contributed by atoms with Crippen molar-refractivity contribution in [1.82, 2.24) is 9.80 Å². The minimum absolute atomic E-state index is 0.262. The van der Waals surface area contributed by atoms with Gasteiger partial charge in [0.15, 0.2) is 5.83 Å². The van der Waals surface area contributed by atoms with Gasteiger partial charge in [-0.15, -0.1) is 0 Å². The molecule has 1 rings (SSSR count). The Morgan fingerprint density at radius 2 is 2.00 bits per heavy atom. The van der Waals surface area contributed by atoms with Gasteiger partial charge in [-0.3, -0.25) is 9.79 Å². The molecule has 0 bridgehead atoms. The Morgan fingerprint density at radius 1 is 1.42 bits per heavy atom. The van der Waals surface area contributed by atoms with Crippen molar-refractivity contribution in [3.8, 4) is 0 Å². The summed E-state index contributed by atoms with van der Waals surface area (Å²) < 4.78 is 14.0. The average molecular weight is 272 g/mol. The van der Waals surface area contributed by atoms with Crippen molar-refractivity contribution in [2.24, 2.45) is 10.7 Å². The van der Waals surface area contributed by atoms with E-state index in [1.54, 1.807) is 0 Å². The molecule has 0 aromatic heterocycles. The van der Waals surface area contributed by atoms with E-state index in [0.717, 1.165) is 13.0 Å². The molecule has 1 heterocycles. The maximum atomic E-state index is 14.0. The van der Waals surface area contributed by atoms with Crippen molar-refractivity contribution < 1.29 is 9.18 Å². The third-order valence-corrected chi connectivity index (χ3v) is 2.55. The summed E-state index contributed by atoms with van der Waals surface area (Å²) in [5.41, 5.74) is 5.39. The number of halogens is 1. The third kappa shape index (κ3) is 5.38. The molecular weight excluding hydrogens is 247 g/mol. The summed E-state index contributed by atoms with van der Waals surface area (Å²) in [6.07, 6.45) is 0.884. The number of nitrogens with two attached hydrogens (primary N) is 1. The average Bonchev–Trinajstić information content (AvgIpc) is 2.63. The lowest BCUT2D eigenvalue weighted by atomic mass is 10.2. The third-order valence-electron chi connectivity index (χ3n) is 2.55. The van der Waals surface area contributed by atoms with Gasteiger partial charge in [-0.1, -0.05) is 13.8 Å². The fourth-order valence-corrected chi connectivity index (χ4v) is 1.57. The lowest BCUT2D eigenvalue weighted by Gasteiger charge is -2.15. The molecule has 6 heteroatoms. The number of amides is 1. The number of likely N-dealkylation sites (N-methyl/N-ethyl adjacent to an activating group) is 1. The van der Waals surface area contributed by atoms with Crippen molar-refractivity contribution >= 4 is 11.6 Å². The maximum absolute atomic E-state index is 14.0. The highest BCUT2D eigenvalue weighted by atomic mass is 19.1. The molecule has 0 saturated carbocycles. The number of carbonyl (C=O) groups is 1. The first-order chi connectivity index (χ1) is 8.93. The molecule has 1 amide bonds. The first-order valence-electron chi connectivity index (χ1n) is 6.52. The van der Waals surface area contributed by atoms with Gasteiger partial charge in [-0.25, -0.2) is 4.39 Å². The van der Waals surface area contributed by atoms with Crippen molar-refractivity contribution in [3.05, 3.63) is 11.5 Å². The van der Waals surface area contributed by atoms with Crippen LogP contribution in [-0.2, 0) is 4.79 Å². The lowest BCUT2D eigenvalue weighted by molar-refractivity contribution is -0.124. The summed E-state index contributed by atoms with van der Waals surface area (Å²) in [6.45, 7) is 5.81. The normalized spacial score (nSPS) is 17.5. The number of aliphatic imine (C=N–C) groups is 1. The van der Waals surface area contributed by atoms with Gasteiger partial charge in [0.25, 0.3) is 5.91 Å². The molecule has 5 nitrogen and oxygen atoms in total. The smallest absolute Gasteiger partial charge is 0.272 e.